The Kier molecular flexibility index (Phi) is 7.32. The highest BCUT2D eigenvalue weighted by Gasteiger charge is 2.67. The van der Waals surface area contributed by atoms with Gasteiger partial charge < -0.3 is 14.6 Å². The van der Waals surface area contributed by atoms with Crippen molar-refractivity contribution < 1.29 is 24.2 Å². The fourth-order valence-corrected chi connectivity index (χ4v) is 9.83. The number of esters is 2. The summed E-state index contributed by atoms with van der Waals surface area (Å²) >= 11 is 0. The van der Waals surface area contributed by atoms with Gasteiger partial charge >= 0.3 is 11.9 Å². The Balaban J connectivity index is 1.81. The summed E-state index contributed by atoms with van der Waals surface area (Å²) in [4.78, 5) is 26.0. The Morgan fingerprint density at radius 2 is 1.70 bits per heavy atom. The summed E-state index contributed by atoms with van der Waals surface area (Å²) in [7, 11) is 2.99. The van der Waals surface area contributed by atoms with E-state index in [4.69, 9.17) is 9.47 Å². The van der Waals surface area contributed by atoms with Gasteiger partial charge in [0, 0.05) is 12.2 Å². The van der Waals surface area contributed by atoms with Crippen LogP contribution in [0.25, 0.3) is 0 Å². The third-order valence-electron chi connectivity index (χ3n) is 12.2. The number of hydrogen-bond acceptors (Lipinski definition) is 5. The Labute approximate surface area is 224 Å². The molecule has 0 saturated heterocycles. The van der Waals surface area contributed by atoms with Crippen molar-refractivity contribution in [3.63, 3.8) is 0 Å². The van der Waals surface area contributed by atoms with E-state index in [1.807, 2.05) is 0 Å². The van der Waals surface area contributed by atoms with E-state index < -0.39 is 5.41 Å². The van der Waals surface area contributed by atoms with Gasteiger partial charge in [0.1, 0.15) is 0 Å². The van der Waals surface area contributed by atoms with Crippen LogP contribution in [0.1, 0.15) is 98.8 Å². The van der Waals surface area contributed by atoms with Gasteiger partial charge in [0.2, 0.25) is 0 Å². The van der Waals surface area contributed by atoms with Crippen LogP contribution in [0.3, 0.4) is 0 Å². The molecule has 0 aromatic carbocycles. The molecule has 4 aliphatic carbocycles. The zero-order valence-corrected chi connectivity index (χ0v) is 24.4. The van der Waals surface area contributed by atoms with Crippen molar-refractivity contribution in [2.75, 3.05) is 20.8 Å². The smallest absolute Gasteiger partial charge is 0.333 e. The first-order valence-electron chi connectivity index (χ1n) is 14.4. The Hall–Kier alpha value is -1.62. The molecule has 37 heavy (non-hydrogen) atoms. The molecule has 3 saturated carbocycles. The molecule has 5 heteroatoms. The second-order valence-corrected chi connectivity index (χ2v) is 14.2. The summed E-state index contributed by atoms with van der Waals surface area (Å²) in [5, 5.41) is 9.80. The molecule has 3 fully saturated rings. The van der Waals surface area contributed by atoms with Crippen molar-refractivity contribution in [3.05, 3.63) is 23.8 Å². The average Bonchev–Trinajstić information content (AvgIpc) is 2.86. The summed E-state index contributed by atoms with van der Waals surface area (Å²) < 4.78 is 10.6. The van der Waals surface area contributed by atoms with Crippen molar-refractivity contribution in [2.24, 2.45) is 44.8 Å². The predicted octanol–water partition coefficient (Wildman–Crippen LogP) is 6.64. The lowest BCUT2D eigenvalue weighted by molar-refractivity contribution is -0.175. The molecule has 4 aliphatic rings. The van der Waals surface area contributed by atoms with E-state index in [0.29, 0.717) is 17.9 Å². The number of aliphatic hydroxyl groups is 1. The molecule has 0 bridgehead atoms. The fraction of sp³-hybridized carbons (Fsp3) is 0.812. The molecule has 0 aromatic heterocycles. The normalized spacial score (nSPS) is 42.4. The second kappa shape index (κ2) is 9.54. The molecule has 208 valence electrons. The van der Waals surface area contributed by atoms with Crippen molar-refractivity contribution in [3.8, 4) is 0 Å². The zero-order chi connectivity index (χ0) is 27.4. The number of allylic oxidation sites excluding steroid dienone is 2. The zero-order valence-electron chi connectivity index (χ0n) is 24.4. The van der Waals surface area contributed by atoms with Gasteiger partial charge in [0.25, 0.3) is 0 Å². The molecule has 0 spiro atoms. The molecule has 0 aliphatic heterocycles. The topological polar surface area (TPSA) is 72.8 Å². The van der Waals surface area contributed by atoms with Crippen LogP contribution >= 0.6 is 0 Å². The number of methoxy groups -OCH3 is 2. The first-order valence-corrected chi connectivity index (χ1v) is 14.4. The number of aliphatic hydroxyl groups excluding tert-OH is 1. The van der Waals surface area contributed by atoms with Crippen LogP contribution in [0.2, 0.25) is 0 Å². The van der Waals surface area contributed by atoms with Gasteiger partial charge in [0.15, 0.2) is 0 Å². The van der Waals surface area contributed by atoms with Gasteiger partial charge in [-0.2, -0.15) is 0 Å². The lowest BCUT2D eigenvalue weighted by atomic mass is 9.35. The molecular weight excluding hydrogens is 464 g/mol. The molecule has 4 rings (SSSR count). The molecule has 7 atom stereocenters. The Morgan fingerprint density at radius 1 is 1.03 bits per heavy atom. The summed E-state index contributed by atoms with van der Waals surface area (Å²) in [6.45, 7) is 16.3. The van der Waals surface area contributed by atoms with Crippen molar-refractivity contribution >= 4 is 11.9 Å². The lowest BCUT2D eigenvalue weighted by Gasteiger charge is -2.69. The first-order chi connectivity index (χ1) is 17.3. The van der Waals surface area contributed by atoms with E-state index >= 15 is 0 Å². The van der Waals surface area contributed by atoms with Crippen LogP contribution < -0.4 is 0 Å². The van der Waals surface area contributed by atoms with E-state index in [1.54, 1.807) is 7.11 Å². The molecule has 0 radical (unpaired) electrons. The third kappa shape index (κ3) is 4.05. The van der Waals surface area contributed by atoms with Crippen LogP contribution in [0.5, 0.6) is 0 Å². The van der Waals surface area contributed by atoms with E-state index in [9.17, 15) is 14.7 Å². The van der Waals surface area contributed by atoms with E-state index in [0.717, 1.165) is 57.8 Å². The van der Waals surface area contributed by atoms with Crippen LogP contribution in [0.4, 0.5) is 0 Å². The number of fused-ring (bicyclic) bond motifs is 5. The molecule has 0 amide bonds. The SMILES string of the molecule is C=C(C(=O)OC)[C@@H]1CC[C@]2(C)[C@H](CC=C3[C@@H]4CC(C)(C)CC[C@]4(C(=O)OC)CC[C@]32C)[C@@]1(C)CCCO. The summed E-state index contributed by atoms with van der Waals surface area (Å²) in [5.74, 6) is 0.269. The summed E-state index contributed by atoms with van der Waals surface area (Å²) in [6.07, 6.45) is 11.7. The quantitative estimate of drug-likeness (QED) is 0.244. The monoisotopic (exact) mass is 514 g/mol. The highest BCUT2D eigenvalue weighted by Crippen LogP contribution is 2.74. The Morgan fingerprint density at radius 3 is 2.32 bits per heavy atom. The number of ether oxygens (including phenoxy) is 2. The Bertz CT molecular complexity index is 980. The van der Waals surface area contributed by atoms with Crippen LogP contribution in [-0.4, -0.2) is 37.9 Å². The highest BCUT2D eigenvalue weighted by atomic mass is 16.5. The number of carbonyl (C=O) groups is 2. The number of hydrogen-bond donors (Lipinski definition) is 1. The van der Waals surface area contributed by atoms with E-state index in [-0.39, 0.29) is 52.0 Å². The van der Waals surface area contributed by atoms with Crippen LogP contribution in [0.15, 0.2) is 23.8 Å². The van der Waals surface area contributed by atoms with Crippen LogP contribution in [-0.2, 0) is 19.1 Å². The predicted molar refractivity (Wildman–Crippen MR) is 146 cm³/mol. The van der Waals surface area contributed by atoms with Gasteiger partial charge in [-0.15, -0.1) is 0 Å². The average molecular weight is 515 g/mol. The summed E-state index contributed by atoms with van der Waals surface area (Å²) in [6, 6.07) is 0. The number of rotatable bonds is 6. The lowest BCUT2D eigenvalue weighted by Crippen LogP contribution is -2.62. The van der Waals surface area contributed by atoms with E-state index in [1.165, 1.54) is 12.7 Å². The fourth-order valence-electron chi connectivity index (χ4n) is 9.83. The highest BCUT2D eigenvalue weighted by molar-refractivity contribution is 5.88. The number of carbonyl (C=O) groups excluding carboxylic acids is 2. The molecule has 0 unspecified atom stereocenters. The molecular formula is C32H50O5. The van der Waals surface area contributed by atoms with Gasteiger partial charge in [-0.25, -0.2) is 4.79 Å². The minimum Gasteiger partial charge on any atom is -0.469 e. The minimum absolute atomic E-state index is 0.0194. The first kappa shape index (κ1) is 28.4. The maximum atomic E-state index is 13.4. The maximum Gasteiger partial charge on any atom is 0.333 e. The van der Waals surface area contributed by atoms with E-state index in [2.05, 4.69) is 47.3 Å². The van der Waals surface area contributed by atoms with Gasteiger partial charge in [-0.3, -0.25) is 4.79 Å². The molecule has 0 heterocycles. The van der Waals surface area contributed by atoms with Gasteiger partial charge in [-0.05, 0) is 104 Å². The second-order valence-electron chi connectivity index (χ2n) is 14.2. The van der Waals surface area contributed by atoms with Crippen molar-refractivity contribution in [1.29, 1.82) is 0 Å². The van der Waals surface area contributed by atoms with Crippen molar-refractivity contribution in [1.82, 2.24) is 0 Å². The van der Waals surface area contributed by atoms with Crippen LogP contribution in [0, 0.1) is 44.8 Å². The van der Waals surface area contributed by atoms with Crippen molar-refractivity contribution in [2.45, 2.75) is 98.8 Å². The standard InChI is InChI=1S/C32H50O5/c1-21(26(34)36-7)22-12-14-31(6)25(29(22,4)13-9-19-33)11-10-23-24-20-28(2,3)15-17-32(24,27(35)37-8)18-16-30(23,31)5/h10,22,24-25,33H,1,9,11-20H2,2-8H3/t22-,24-,25+,29-,30+,31+,32-/m0/s1. The molecule has 0 aromatic rings. The minimum atomic E-state index is -0.407. The summed E-state index contributed by atoms with van der Waals surface area (Å²) in [5.41, 5.74) is 1.69. The maximum absolute atomic E-state index is 13.4. The largest absolute Gasteiger partial charge is 0.469 e. The van der Waals surface area contributed by atoms with Gasteiger partial charge in [-0.1, -0.05) is 52.8 Å². The van der Waals surface area contributed by atoms with Gasteiger partial charge in [0.05, 0.1) is 19.6 Å². The molecule has 5 nitrogen and oxygen atoms in total. The third-order valence-corrected chi connectivity index (χ3v) is 12.2. The molecule has 1 N–H and O–H groups in total.